The fourth-order valence-electron chi connectivity index (χ4n) is 3.22. The first-order valence-electron chi connectivity index (χ1n) is 8.98. The number of hydrogen-bond acceptors (Lipinski definition) is 6. The molecule has 8 heteroatoms. The van der Waals surface area contributed by atoms with Crippen molar-refractivity contribution in [3.63, 3.8) is 0 Å². The van der Waals surface area contributed by atoms with Crippen LogP contribution in [0.4, 0.5) is 4.39 Å². The largest absolute Gasteiger partial charge is 0.463 e. The molecule has 0 N–H and O–H groups in total. The number of nitrogens with zero attached hydrogens (tertiary/aromatic N) is 2. The van der Waals surface area contributed by atoms with E-state index in [9.17, 15) is 14.0 Å². The van der Waals surface area contributed by atoms with Gasteiger partial charge in [0.2, 0.25) is 0 Å². The van der Waals surface area contributed by atoms with Crippen LogP contribution in [0.1, 0.15) is 30.3 Å². The van der Waals surface area contributed by atoms with Crippen LogP contribution in [0.5, 0.6) is 0 Å². The molecule has 5 nitrogen and oxygen atoms in total. The molecule has 3 heterocycles. The van der Waals surface area contributed by atoms with E-state index >= 15 is 0 Å². The van der Waals surface area contributed by atoms with Crippen molar-refractivity contribution >= 4 is 34.7 Å². The Morgan fingerprint density at radius 3 is 2.72 bits per heavy atom. The summed E-state index contributed by atoms with van der Waals surface area (Å²) in [6.07, 6.45) is 1.71. The van der Waals surface area contributed by atoms with Crippen molar-refractivity contribution in [3.05, 3.63) is 89.0 Å². The average Bonchev–Trinajstić information content (AvgIpc) is 3.32. The van der Waals surface area contributed by atoms with Crippen molar-refractivity contribution in [1.82, 2.24) is 4.57 Å². The minimum atomic E-state index is -0.583. The van der Waals surface area contributed by atoms with Crippen LogP contribution < -0.4 is 14.9 Å². The third-order valence-electron chi connectivity index (χ3n) is 4.50. The van der Waals surface area contributed by atoms with Crippen LogP contribution in [0.2, 0.25) is 0 Å². The number of ether oxygens (including phenoxy) is 1. The van der Waals surface area contributed by atoms with Crippen molar-refractivity contribution < 1.29 is 13.9 Å². The molecule has 29 heavy (non-hydrogen) atoms. The lowest BCUT2D eigenvalue weighted by Crippen LogP contribution is -2.39. The minimum absolute atomic E-state index is 0.238. The molecule has 0 saturated carbocycles. The zero-order chi connectivity index (χ0) is 20.5. The van der Waals surface area contributed by atoms with Crippen LogP contribution in [-0.4, -0.2) is 17.1 Å². The summed E-state index contributed by atoms with van der Waals surface area (Å²) in [7, 11) is 0. The van der Waals surface area contributed by atoms with Crippen molar-refractivity contribution in [3.8, 4) is 0 Å². The Labute approximate surface area is 173 Å². The Hall–Kier alpha value is -2.84. The molecule has 0 unspecified atom stereocenters. The number of esters is 1. The van der Waals surface area contributed by atoms with Crippen LogP contribution in [0, 0.1) is 5.82 Å². The number of thiazole rings is 1. The van der Waals surface area contributed by atoms with Gasteiger partial charge in [0.05, 0.1) is 22.4 Å². The van der Waals surface area contributed by atoms with Crippen molar-refractivity contribution in [1.29, 1.82) is 0 Å². The molecule has 1 aliphatic heterocycles. The maximum atomic E-state index is 13.3. The SMILES string of the molecule is CCOC(=O)C1=C(C)N=c2s/c(=C\c3ccc(F)cc3)c(=O)n2[C@H]1c1cccs1. The molecular weight excluding hydrogens is 411 g/mol. The molecule has 0 fully saturated rings. The van der Waals surface area contributed by atoms with Gasteiger partial charge < -0.3 is 4.74 Å². The van der Waals surface area contributed by atoms with E-state index in [-0.39, 0.29) is 18.0 Å². The van der Waals surface area contributed by atoms with Crippen LogP contribution in [-0.2, 0) is 9.53 Å². The zero-order valence-corrected chi connectivity index (χ0v) is 17.3. The molecular formula is C21H17FN2O3S2. The second-order valence-corrected chi connectivity index (χ2v) is 8.36. The van der Waals surface area contributed by atoms with E-state index in [1.54, 1.807) is 36.6 Å². The molecule has 0 aliphatic carbocycles. The highest BCUT2D eigenvalue weighted by atomic mass is 32.1. The molecule has 148 valence electrons. The quantitative estimate of drug-likeness (QED) is 0.601. The molecule has 1 aliphatic rings. The Balaban J connectivity index is 1.93. The predicted molar refractivity (Wildman–Crippen MR) is 111 cm³/mol. The molecule has 0 spiro atoms. The van der Waals surface area contributed by atoms with Gasteiger partial charge in [-0.15, -0.1) is 11.3 Å². The van der Waals surface area contributed by atoms with Gasteiger partial charge in [0.15, 0.2) is 4.80 Å². The number of rotatable bonds is 4. The third kappa shape index (κ3) is 3.61. The highest BCUT2D eigenvalue weighted by Gasteiger charge is 2.33. The first kappa shape index (κ1) is 19.5. The number of aromatic nitrogens is 1. The number of benzene rings is 1. The zero-order valence-electron chi connectivity index (χ0n) is 15.7. The van der Waals surface area contributed by atoms with E-state index in [1.165, 1.54) is 34.8 Å². The van der Waals surface area contributed by atoms with E-state index in [0.717, 1.165) is 4.88 Å². The number of halogens is 1. The molecule has 1 aromatic carbocycles. The van der Waals surface area contributed by atoms with Gasteiger partial charge in [-0.1, -0.05) is 29.5 Å². The Morgan fingerprint density at radius 1 is 1.31 bits per heavy atom. The highest BCUT2D eigenvalue weighted by Crippen LogP contribution is 2.33. The van der Waals surface area contributed by atoms with Crippen molar-refractivity contribution in [2.45, 2.75) is 19.9 Å². The van der Waals surface area contributed by atoms with Crippen molar-refractivity contribution in [2.75, 3.05) is 6.61 Å². The maximum Gasteiger partial charge on any atom is 0.338 e. The number of allylic oxidation sites excluding steroid dienone is 1. The third-order valence-corrected chi connectivity index (χ3v) is 6.41. The normalized spacial score (nSPS) is 16.5. The minimum Gasteiger partial charge on any atom is -0.463 e. The van der Waals surface area contributed by atoms with Crippen molar-refractivity contribution in [2.24, 2.45) is 4.99 Å². The Kier molecular flexibility index (Phi) is 5.29. The molecule has 1 atom stereocenters. The Morgan fingerprint density at radius 2 is 2.07 bits per heavy atom. The van der Waals surface area contributed by atoms with Gasteiger partial charge in [-0.3, -0.25) is 9.36 Å². The number of thiophene rings is 1. The van der Waals surface area contributed by atoms with E-state index in [1.807, 2.05) is 17.5 Å². The van der Waals surface area contributed by atoms with Crippen LogP contribution in [0.3, 0.4) is 0 Å². The molecule has 0 radical (unpaired) electrons. The molecule has 0 amide bonds. The van der Waals surface area contributed by atoms with Gasteiger partial charge in [0, 0.05) is 4.88 Å². The van der Waals surface area contributed by atoms with Crippen LogP contribution in [0.25, 0.3) is 6.08 Å². The second-order valence-electron chi connectivity index (χ2n) is 6.37. The lowest BCUT2D eigenvalue weighted by Gasteiger charge is -2.23. The van der Waals surface area contributed by atoms with E-state index in [4.69, 9.17) is 4.74 Å². The monoisotopic (exact) mass is 428 g/mol. The number of hydrogen-bond donors (Lipinski definition) is 0. The van der Waals surface area contributed by atoms with Gasteiger partial charge in [0.25, 0.3) is 5.56 Å². The summed E-state index contributed by atoms with van der Waals surface area (Å²) in [5, 5.41) is 1.90. The molecule has 4 rings (SSSR count). The van der Waals surface area contributed by atoms with E-state index in [2.05, 4.69) is 4.99 Å². The lowest BCUT2D eigenvalue weighted by molar-refractivity contribution is -0.139. The number of carbonyl (C=O) groups is 1. The highest BCUT2D eigenvalue weighted by molar-refractivity contribution is 7.10. The standard InChI is InChI=1S/C21H17FN2O3S2/c1-3-27-20(26)17-12(2)23-21-24(18(17)15-5-4-10-28-15)19(25)16(29-21)11-13-6-8-14(22)9-7-13/h4-11,18H,3H2,1-2H3/b16-11-/t18-/m0/s1. The summed E-state index contributed by atoms with van der Waals surface area (Å²) < 4.78 is 20.4. The summed E-state index contributed by atoms with van der Waals surface area (Å²) in [6, 6.07) is 9.11. The second kappa shape index (κ2) is 7.88. The maximum absolute atomic E-state index is 13.3. The average molecular weight is 429 g/mol. The first-order valence-corrected chi connectivity index (χ1v) is 10.7. The summed E-state index contributed by atoms with van der Waals surface area (Å²) in [6.45, 7) is 3.73. The van der Waals surface area contributed by atoms with E-state index < -0.39 is 12.0 Å². The van der Waals surface area contributed by atoms with E-state index in [0.29, 0.717) is 26.2 Å². The Bertz CT molecular complexity index is 1270. The molecule has 0 bridgehead atoms. The fourth-order valence-corrected chi connectivity index (χ4v) is 5.09. The summed E-state index contributed by atoms with van der Waals surface area (Å²) in [5.41, 5.74) is 1.38. The van der Waals surface area contributed by atoms with Gasteiger partial charge in [-0.25, -0.2) is 14.2 Å². The fraction of sp³-hybridized carbons (Fsp3) is 0.190. The molecule has 0 saturated heterocycles. The smallest absolute Gasteiger partial charge is 0.338 e. The first-order chi connectivity index (χ1) is 14.0. The van der Waals surface area contributed by atoms with Gasteiger partial charge in [-0.2, -0.15) is 0 Å². The lowest BCUT2D eigenvalue weighted by atomic mass is 10.0. The van der Waals surface area contributed by atoms with Crippen LogP contribution >= 0.6 is 22.7 Å². The summed E-state index contributed by atoms with van der Waals surface area (Å²) in [4.78, 5) is 31.8. The predicted octanol–water partition coefficient (Wildman–Crippen LogP) is 3.00. The molecule has 2 aromatic heterocycles. The van der Waals surface area contributed by atoms with Gasteiger partial charge in [0.1, 0.15) is 11.9 Å². The summed E-state index contributed by atoms with van der Waals surface area (Å²) in [5.74, 6) is -0.809. The number of fused-ring (bicyclic) bond motifs is 1. The van der Waals surface area contributed by atoms with Gasteiger partial charge in [-0.05, 0) is 49.1 Å². The van der Waals surface area contributed by atoms with Gasteiger partial charge >= 0.3 is 5.97 Å². The van der Waals surface area contributed by atoms with Crippen LogP contribution in [0.15, 0.2) is 62.8 Å². The molecule has 3 aromatic rings. The number of carbonyl (C=O) groups excluding carboxylic acids is 1. The summed E-state index contributed by atoms with van der Waals surface area (Å²) >= 11 is 2.71. The topological polar surface area (TPSA) is 60.7 Å².